The van der Waals surface area contributed by atoms with E-state index >= 15 is 0 Å². The molecule has 0 unspecified atom stereocenters. The number of hydrogen-bond donors (Lipinski definition) is 1. The molecule has 1 heterocycles. The van der Waals surface area contributed by atoms with Crippen LogP contribution in [0.15, 0.2) is 54.6 Å². The van der Waals surface area contributed by atoms with E-state index in [1.165, 1.54) is 6.08 Å². The molecule has 0 aliphatic rings. The molecule has 3 rings (SSSR count). The number of ether oxygens (including phenoxy) is 2. The van der Waals surface area contributed by atoms with Crippen molar-refractivity contribution in [2.75, 3.05) is 14.2 Å². The van der Waals surface area contributed by atoms with Gasteiger partial charge in [-0.1, -0.05) is 29.8 Å². The minimum Gasteiger partial charge on any atom is -0.493 e. The highest BCUT2D eigenvalue weighted by Gasteiger charge is 2.09. The van der Waals surface area contributed by atoms with Crippen LogP contribution in [0.3, 0.4) is 0 Å². The maximum atomic E-state index is 12.2. The first-order valence-corrected chi connectivity index (χ1v) is 8.17. The van der Waals surface area contributed by atoms with Crippen molar-refractivity contribution in [2.24, 2.45) is 0 Å². The lowest BCUT2D eigenvalue weighted by atomic mass is 10.1. The Bertz CT molecular complexity index is 940. The third-order valence-electron chi connectivity index (χ3n) is 4.03. The number of rotatable bonds is 6. The van der Waals surface area contributed by atoms with Gasteiger partial charge >= 0.3 is 0 Å². The summed E-state index contributed by atoms with van der Waals surface area (Å²) >= 11 is 0. The first-order valence-electron chi connectivity index (χ1n) is 8.17. The van der Waals surface area contributed by atoms with Crippen LogP contribution in [0.2, 0.25) is 0 Å². The normalized spacial score (nSPS) is 10.9. The van der Waals surface area contributed by atoms with E-state index in [-0.39, 0.29) is 5.78 Å². The predicted molar refractivity (Wildman–Crippen MR) is 102 cm³/mol. The molecule has 0 amide bonds. The zero-order valence-corrected chi connectivity index (χ0v) is 14.9. The Hall–Kier alpha value is -3.34. The van der Waals surface area contributed by atoms with Crippen molar-refractivity contribution in [1.29, 1.82) is 0 Å². The summed E-state index contributed by atoms with van der Waals surface area (Å²) in [5, 5.41) is 7.22. The van der Waals surface area contributed by atoms with E-state index in [1.54, 1.807) is 20.3 Å². The number of aromatic nitrogens is 2. The van der Waals surface area contributed by atoms with Crippen LogP contribution in [0, 0.1) is 6.92 Å². The second-order valence-corrected chi connectivity index (χ2v) is 5.84. The van der Waals surface area contributed by atoms with E-state index in [1.807, 2.05) is 55.5 Å². The lowest BCUT2D eigenvalue weighted by molar-refractivity contribution is 0.104. The van der Waals surface area contributed by atoms with Gasteiger partial charge in [0, 0.05) is 11.1 Å². The summed E-state index contributed by atoms with van der Waals surface area (Å²) < 4.78 is 10.6. The SMILES string of the molecule is COc1ccc(-c2cc(C=CC(=O)c3ccc(C)cc3)[nH]n2)cc1OC. The van der Waals surface area contributed by atoms with Crippen molar-refractivity contribution in [3.8, 4) is 22.8 Å². The Labute approximate surface area is 152 Å². The zero-order valence-electron chi connectivity index (χ0n) is 14.9. The van der Waals surface area contributed by atoms with Crippen molar-refractivity contribution in [2.45, 2.75) is 6.92 Å². The van der Waals surface area contributed by atoms with Crippen LogP contribution in [-0.4, -0.2) is 30.2 Å². The Morgan fingerprint density at radius 3 is 2.42 bits per heavy atom. The van der Waals surface area contributed by atoms with Gasteiger partial charge in [-0.05, 0) is 43.3 Å². The lowest BCUT2D eigenvalue weighted by Crippen LogP contribution is -1.93. The van der Waals surface area contributed by atoms with Crippen molar-refractivity contribution in [1.82, 2.24) is 10.2 Å². The molecule has 0 aliphatic carbocycles. The van der Waals surface area contributed by atoms with Crippen LogP contribution in [0.4, 0.5) is 0 Å². The van der Waals surface area contributed by atoms with Gasteiger partial charge in [-0.3, -0.25) is 9.89 Å². The van der Waals surface area contributed by atoms with Crippen LogP contribution >= 0.6 is 0 Å². The molecule has 0 radical (unpaired) electrons. The van der Waals surface area contributed by atoms with E-state index < -0.39 is 0 Å². The van der Waals surface area contributed by atoms with Crippen molar-refractivity contribution >= 4 is 11.9 Å². The Kier molecular flexibility index (Phi) is 5.17. The number of carbonyl (C=O) groups excluding carboxylic acids is 1. The van der Waals surface area contributed by atoms with Gasteiger partial charge in [-0.15, -0.1) is 0 Å². The van der Waals surface area contributed by atoms with E-state index in [9.17, 15) is 4.79 Å². The molecule has 0 bridgehead atoms. The van der Waals surface area contributed by atoms with Gasteiger partial charge in [-0.2, -0.15) is 5.10 Å². The molecule has 0 saturated heterocycles. The number of aryl methyl sites for hydroxylation is 1. The van der Waals surface area contributed by atoms with Gasteiger partial charge in [0.1, 0.15) is 0 Å². The van der Waals surface area contributed by atoms with Gasteiger partial charge in [-0.25, -0.2) is 0 Å². The fourth-order valence-corrected chi connectivity index (χ4v) is 2.54. The number of allylic oxidation sites excluding steroid dienone is 1. The number of carbonyl (C=O) groups is 1. The quantitative estimate of drug-likeness (QED) is 0.533. The van der Waals surface area contributed by atoms with Crippen LogP contribution in [0.25, 0.3) is 17.3 Å². The third-order valence-corrected chi connectivity index (χ3v) is 4.03. The molecular weight excluding hydrogens is 328 g/mol. The molecule has 0 atom stereocenters. The van der Waals surface area contributed by atoms with Gasteiger partial charge in [0.05, 0.1) is 25.6 Å². The van der Waals surface area contributed by atoms with Gasteiger partial charge in [0.15, 0.2) is 17.3 Å². The van der Waals surface area contributed by atoms with Gasteiger partial charge in [0.25, 0.3) is 0 Å². The van der Waals surface area contributed by atoms with Gasteiger partial charge < -0.3 is 9.47 Å². The van der Waals surface area contributed by atoms with E-state index in [4.69, 9.17) is 9.47 Å². The third kappa shape index (κ3) is 3.83. The Morgan fingerprint density at radius 1 is 1.00 bits per heavy atom. The molecule has 5 nitrogen and oxygen atoms in total. The first-order chi connectivity index (χ1) is 12.6. The molecule has 0 spiro atoms. The molecule has 0 aliphatic heterocycles. The molecule has 2 aromatic carbocycles. The van der Waals surface area contributed by atoms with Gasteiger partial charge in [0.2, 0.25) is 0 Å². The first kappa shape index (κ1) is 17.5. The van der Waals surface area contributed by atoms with E-state index in [2.05, 4.69) is 10.2 Å². The molecule has 0 fully saturated rings. The molecular formula is C21H20N2O3. The molecule has 1 N–H and O–H groups in total. The largest absolute Gasteiger partial charge is 0.493 e. The van der Waals surface area contributed by atoms with Crippen molar-refractivity contribution in [3.05, 3.63) is 71.4 Å². The molecule has 0 saturated carbocycles. The summed E-state index contributed by atoms with van der Waals surface area (Å²) in [6, 6.07) is 15.0. The van der Waals surface area contributed by atoms with Crippen molar-refractivity contribution in [3.63, 3.8) is 0 Å². The fraction of sp³-hybridized carbons (Fsp3) is 0.143. The maximum Gasteiger partial charge on any atom is 0.185 e. The highest BCUT2D eigenvalue weighted by Crippen LogP contribution is 2.31. The highest BCUT2D eigenvalue weighted by molar-refractivity contribution is 6.06. The summed E-state index contributed by atoms with van der Waals surface area (Å²) in [4.78, 5) is 12.2. The fourth-order valence-electron chi connectivity index (χ4n) is 2.54. The summed E-state index contributed by atoms with van der Waals surface area (Å²) in [5.41, 5.74) is 4.18. The molecule has 1 aromatic heterocycles. The molecule has 3 aromatic rings. The molecule has 26 heavy (non-hydrogen) atoms. The number of H-pyrrole nitrogens is 1. The lowest BCUT2D eigenvalue weighted by Gasteiger charge is -2.08. The number of aromatic amines is 1. The van der Waals surface area contributed by atoms with Crippen LogP contribution in [0.1, 0.15) is 21.6 Å². The average Bonchev–Trinajstić information content (AvgIpc) is 3.15. The zero-order chi connectivity index (χ0) is 18.5. The summed E-state index contributed by atoms with van der Waals surface area (Å²) in [6.45, 7) is 1.99. The number of hydrogen-bond acceptors (Lipinski definition) is 4. The summed E-state index contributed by atoms with van der Waals surface area (Å²) in [6.07, 6.45) is 3.26. The number of nitrogens with zero attached hydrogens (tertiary/aromatic N) is 1. The maximum absolute atomic E-state index is 12.2. The minimum absolute atomic E-state index is 0.0488. The highest BCUT2D eigenvalue weighted by atomic mass is 16.5. The monoisotopic (exact) mass is 348 g/mol. The van der Waals surface area contributed by atoms with Crippen LogP contribution in [0.5, 0.6) is 11.5 Å². The smallest absolute Gasteiger partial charge is 0.185 e. The Balaban J connectivity index is 1.77. The Morgan fingerprint density at radius 2 is 1.73 bits per heavy atom. The number of benzene rings is 2. The summed E-state index contributed by atoms with van der Waals surface area (Å²) in [5.74, 6) is 1.25. The second kappa shape index (κ2) is 7.70. The van der Waals surface area contributed by atoms with Crippen molar-refractivity contribution < 1.29 is 14.3 Å². The number of nitrogens with one attached hydrogen (secondary N) is 1. The summed E-state index contributed by atoms with van der Waals surface area (Å²) in [7, 11) is 3.19. The average molecular weight is 348 g/mol. The van der Waals surface area contributed by atoms with Crippen LogP contribution in [-0.2, 0) is 0 Å². The standard InChI is InChI=1S/C21H20N2O3/c1-14-4-6-15(7-5-14)19(24)10-9-17-13-18(23-22-17)16-8-11-20(25-2)21(12-16)26-3/h4-13H,1-3H3,(H,22,23). The number of methoxy groups -OCH3 is 2. The second-order valence-electron chi connectivity index (χ2n) is 5.84. The van der Waals surface area contributed by atoms with E-state index in [0.717, 1.165) is 22.5 Å². The minimum atomic E-state index is -0.0488. The predicted octanol–water partition coefficient (Wildman–Crippen LogP) is 4.30. The van der Waals surface area contributed by atoms with E-state index in [0.29, 0.717) is 17.1 Å². The molecule has 5 heteroatoms. The number of ketones is 1. The van der Waals surface area contributed by atoms with Crippen LogP contribution < -0.4 is 9.47 Å². The topological polar surface area (TPSA) is 64.2 Å². The molecule has 132 valence electrons.